The van der Waals surface area contributed by atoms with E-state index in [0.717, 1.165) is 5.56 Å². The zero-order valence-corrected chi connectivity index (χ0v) is 37.0. The molecule has 0 amide bonds. The summed E-state index contributed by atoms with van der Waals surface area (Å²) in [4.78, 5) is 6.34. The zero-order valence-electron chi connectivity index (χ0n) is 37.0. The molecule has 10 nitrogen and oxygen atoms in total. The number of hydrogen-bond acceptors (Lipinski definition) is 10. The van der Waals surface area contributed by atoms with Gasteiger partial charge in [-0.25, -0.2) is 10.5 Å². The highest BCUT2D eigenvalue weighted by Gasteiger charge is 2.41. The molecule has 2 aromatic rings. The lowest BCUT2D eigenvalue weighted by atomic mass is 9.81. The largest absolute Gasteiger partial charge is 0.374 e. The molecule has 0 aliphatic carbocycles. The SMILES string of the molecule is C#CC#CC#CC#CC#CC#CC#CC#CC#CC#CC#CC#CC#CC#CC#CC#CC#CC.C[C@@H]1[C@H](C)[C@@H](CN)O[C@H](COCc2ccccc2)[C@H]1OCc1ccccc1.OONOOO.[HH].[HH].[HH].[HH].[HH].[HH].[HH].[HH].[HH].[HH].[HH].[HH].[HH].[HH]. The lowest BCUT2D eigenvalue weighted by Gasteiger charge is -2.44. The average molecular weight is 919 g/mol. The molecule has 0 radical (unpaired) electrons. The monoisotopic (exact) mass is 918 g/mol. The van der Waals surface area contributed by atoms with Crippen molar-refractivity contribution in [2.24, 2.45) is 17.6 Å². The van der Waals surface area contributed by atoms with Gasteiger partial charge >= 0.3 is 0 Å². The van der Waals surface area contributed by atoms with Crippen molar-refractivity contribution in [2.45, 2.75) is 52.3 Å². The molecular weight excluding hydrogens is 853 g/mol. The first-order valence-corrected chi connectivity index (χ1v) is 19.5. The van der Waals surface area contributed by atoms with Gasteiger partial charge in [0.15, 0.2) is 0 Å². The molecular formula is C58H66N2O8. The Morgan fingerprint density at radius 3 is 1.24 bits per heavy atom. The normalized spacial score (nSPS) is 14.0. The third-order valence-electron chi connectivity index (χ3n) is 7.74. The lowest BCUT2D eigenvalue weighted by molar-refractivity contribution is -0.571. The summed E-state index contributed by atoms with van der Waals surface area (Å²) in [5, 5.41) is 17.4. The van der Waals surface area contributed by atoms with Crippen LogP contribution in [0, 0.1) is 214 Å². The van der Waals surface area contributed by atoms with Gasteiger partial charge in [0.1, 0.15) is 6.10 Å². The topological polar surface area (TPSA) is 134 Å². The Balaban J connectivity index is -0.0000000746. The van der Waals surface area contributed by atoms with Crippen molar-refractivity contribution in [3.05, 3.63) is 71.8 Å². The first kappa shape index (κ1) is 56.6. The smallest absolute Gasteiger partial charge is 0.108 e. The molecule has 5 atom stereocenters. The van der Waals surface area contributed by atoms with E-state index in [0.29, 0.717) is 38.2 Å². The fourth-order valence-corrected chi connectivity index (χ4v) is 4.73. The van der Waals surface area contributed by atoms with E-state index in [2.05, 4.69) is 249 Å². The van der Waals surface area contributed by atoms with Crippen LogP contribution in [0.1, 0.15) is 51.9 Å². The lowest BCUT2D eigenvalue weighted by Crippen LogP contribution is -2.54. The van der Waals surface area contributed by atoms with Gasteiger partial charge in [-0.15, -0.1) is 11.4 Å². The van der Waals surface area contributed by atoms with Crippen molar-refractivity contribution in [1.82, 2.24) is 5.64 Å². The Kier molecular flexibility index (Phi) is 35.6. The zero-order chi connectivity index (χ0) is 49.2. The Morgan fingerprint density at radius 2 is 0.912 bits per heavy atom. The molecule has 10 heteroatoms. The summed E-state index contributed by atoms with van der Waals surface area (Å²) in [6.07, 6.45) is 4.84. The molecule has 1 saturated heterocycles. The van der Waals surface area contributed by atoms with Gasteiger partial charge in [-0.1, -0.05) is 85.4 Å². The van der Waals surface area contributed by atoms with Gasteiger partial charge in [0.25, 0.3) is 0 Å². The molecule has 1 heterocycles. The van der Waals surface area contributed by atoms with Gasteiger partial charge in [-0.2, -0.15) is 0 Å². The molecule has 5 N–H and O–H groups in total. The van der Waals surface area contributed by atoms with E-state index in [-0.39, 0.29) is 38.3 Å². The van der Waals surface area contributed by atoms with E-state index in [9.17, 15) is 0 Å². The molecule has 68 heavy (non-hydrogen) atoms. The van der Waals surface area contributed by atoms with Gasteiger partial charge in [0.05, 0.1) is 32.0 Å². The molecule has 0 unspecified atom stereocenters. The highest BCUT2D eigenvalue weighted by Crippen LogP contribution is 2.33. The van der Waals surface area contributed by atoms with Crippen LogP contribution in [0.25, 0.3) is 0 Å². The van der Waals surface area contributed by atoms with Crippen molar-refractivity contribution >= 4 is 0 Å². The Labute approximate surface area is 421 Å². The second-order valence-corrected chi connectivity index (χ2v) is 12.0. The molecule has 2 aromatic carbocycles. The summed E-state index contributed by atoms with van der Waals surface area (Å²) in [6, 6.07) is 20.4. The highest BCUT2D eigenvalue weighted by atomic mass is 17.5. The molecule has 0 spiro atoms. The maximum absolute atomic E-state index is 7.27. The minimum atomic E-state index is -0.114. The van der Waals surface area contributed by atoms with Crippen molar-refractivity contribution in [1.29, 1.82) is 0 Å². The fourth-order valence-electron chi connectivity index (χ4n) is 4.73. The molecule has 356 valence electrons. The minimum Gasteiger partial charge on any atom is -0.374 e. The number of nitrogens with two attached hydrogens (primary N) is 1. The molecule has 0 aromatic heterocycles. The third kappa shape index (κ3) is 31.4. The van der Waals surface area contributed by atoms with Crippen LogP contribution in [0.3, 0.4) is 0 Å². The van der Waals surface area contributed by atoms with Gasteiger partial charge in [0, 0.05) is 121 Å². The van der Waals surface area contributed by atoms with Crippen LogP contribution in [0.4, 0.5) is 0 Å². The van der Waals surface area contributed by atoms with Gasteiger partial charge < -0.3 is 19.9 Å². The molecule has 1 aliphatic heterocycles. The summed E-state index contributed by atoms with van der Waals surface area (Å²) in [5.41, 5.74) is 9.55. The van der Waals surface area contributed by atoms with Crippen molar-refractivity contribution in [3.8, 4) is 202 Å². The predicted molar refractivity (Wildman–Crippen MR) is 287 cm³/mol. The number of benzene rings is 2. The second kappa shape index (κ2) is 42.8. The van der Waals surface area contributed by atoms with E-state index >= 15 is 0 Å². The minimum absolute atomic E-state index is 0. The number of hydrogen-bond donors (Lipinski definition) is 4. The summed E-state index contributed by atoms with van der Waals surface area (Å²) in [7, 11) is 0. The summed E-state index contributed by atoms with van der Waals surface area (Å²) in [5.74, 6) is 82.6. The Morgan fingerprint density at radius 1 is 0.544 bits per heavy atom. The van der Waals surface area contributed by atoms with Crippen LogP contribution < -0.4 is 11.4 Å². The van der Waals surface area contributed by atoms with Gasteiger partial charge in [0.2, 0.25) is 0 Å². The number of nitrogens with one attached hydrogen (secondary N) is 1. The first-order valence-electron chi connectivity index (χ1n) is 19.5. The van der Waals surface area contributed by atoms with E-state index in [4.69, 9.17) is 36.9 Å². The van der Waals surface area contributed by atoms with Crippen LogP contribution in [-0.4, -0.2) is 42.0 Å². The van der Waals surface area contributed by atoms with E-state index in [1.165, 1.54) is 11.2 Å². The number of terminal acetylenes is 1. The maximum atomic E-state index is 7.27. The van der Waals surface area contributed by atoms with Crippen LogP contribution in [0.2, 0.25) is 0 Å². The van der Waals surface area contributed by atoms with E-state index in [1.807, 2.05) is 36.4 Å². The van der Waals surface area contributed by atoms with Gasteiger partial charge in [-0.05, 0) is 135 Å². The Bertz CT molecular complexity index is 3110. The second-order valence-electron chi connectivity index (χ2n) is 12.0. The molecule has 3 rings (SSSR count). The van der Waals surface area contributed by atoms with Gasteiger partial charge in [-0.3, -0.25) is 0 Å². The summed E-state index contributed by atoms with van der Waals surface area (Å²) >= 11 is 0. The maximum Gasteiger partial charge on any atom is 0.108 e. The summed E-state index contributed by atoms with van der Waals surface area (Å²) < 4.78 is 18.6. The highest BCUT2D eigenvalue weighted by molar-refractivity contribution is 5.49. The van der Waals surface area contributed by atoms with E-state index in [1.54, 1.807) is 6.92 Å². The number of rotatable bonds is 11. The quantitative estimate of drug-likeness (QED) is 0.0792. The molecule has 0 saturated carbocycles. The third-order valence-corrected chi connectivity index (χ3v) is 7.74. The van der Waals surface area contributed by atoms with Crippen LogP contribution in [0.15, 0.2) is 60.7 Å². The van der Waals surface area contributed by atoms with Crippen LogP contribution >= 0.6 is 0 Å². The van der Waals surface area contributed by atoms with Crippen molar-refractivity contribution in [3.63, 3.8) is 0 Å². The molecule has 1 fully saturated rings. The van der Waals surface area contributed by atoms with Crippen molar-refractivity contribution < 1.29 is 59.7 Å². The number of ether oxygens (including phenoxy) is 3. The fraction of sp³-hybridized carbons (Fsp3) is 0.207. The molecule has 1 aliphatic rings. The predicted octanol–water partition coefficient (Wildman–Crippen LogP) is 7.24. The van der Waals surface area contributed by atoms with E-state index < -0.39 is 0 Å². The molecule has 0 bridgehead atoms. The van der Waals surface area contributed by atoms with Crippen LogP contribution in [0.5, 0.6) is 0 Å². The summed E-state index contributed by atoms with van der Waals surface area (Å²) in [6.45, 7) is 8.29. The average Bonchev–Trinajstić information content (AvgIpc) is 3.37. The van der Waals surface area contributed by atoms with Crippen LogP contribution in [-0.2, 0) is 42.4 Å². The Hall–Kier alpha value is -9.44. The first-order chi connectivity index (χ1) is 33.5. The van der Waals surface area contributed by atoms with Crippen molar-refractivity contribution in [2.75, 3.05) is 13.2 Å². The standard InChI is InChI=1S/C35H4.C23H31NO3.H3NO5.14H2/c1-3-5-7-9-11-13-15-17-19-21-23-25-27-29-31-33-35-34-32-30-28-26-24-22-20-18-16-14-12-10-8-6-4-2;1-17-18(2)23(26-15-20-11-7-4-8-12-20)22(27-21(17)13-24)16-25-14-19-9-5-3-6-10-19;2-4-1-5-6-3;;;;;;;;;;;;;;/h1H,2H3;3-12,17-18,21-23H,13-16,24H2,1-2H3;1-3H;14*1H/t;17-,18+,21+,22+,23-;;;;;;;;;;;;;;;/m.0.............../s1.